The number of thioether (sulfide) groups is 1. The number of rotatable bonds is 9. The molecule has 3 rings (SSSR count). The molecule has 2 aliphatic rings. The number of aliphatic hydroxyl groups excluding tert-OH is 1. The molecule has 1 aliphatic carbocycles. The lowest BCUT2D eigenvalue weighted by Gasteiger charge is -2.36. The summed E-state index contributed by atoms with van der Waals surface area (Å²) >= 11 is 8.18. The Kier molecular flexibility index (Phi) is 7.81. The monoisotopic (exact) mass is 452 g/mol. The predicted molar refractivity (Wildman–Crippen MR) is 124 cm³/mol. The molecular weight excluding hydrogens is 420 g/mol. The van der Waals surface area contributed by atoms with Gasteiger partial charge >= 0.3 is 0 Å². The van der Waals surface area contributed by atoms with Crippen molar-refractivity contribution >= 4 is 29.1 Å². The zero-order chi connectivity index (χ0) is 21.9. The third-order valence-electron chi connectivity index (χ3n) is 6.19. The minimum absolute atomic E-state index is 0.0625. The number of carbonyl (C=O) groups is 1. The number of aliphatic hydroxyl groups is 1. The standard InChI is InChI=1S/C24H33ClO4S/c1-15-18-14-24(2,3)9-8-17(18)23(30-15)20(27)7-6-16-12-19(25)22(21(13-16)28-4)29-11-5-10-26/h12-13,15,18,26H,5-11,14H2,1-4H3. The summed E-state index contributed by atoms with van der Waals surface area (Å²) in [5, 5.41) is 9.89. The molecule has 2 unspecified atom stereocenters. The van der Waals surface area contributed by atoms with Gasteiger partial charge in [0.15, 0.2) is 17.3 Å². The van der Waals surface area contributed by atoms with Gasteiger partial charge in [-0.2, -0.15) is 0 Å². The quantitative estimate of drug-likeness (QED) is 0.478. The van der Waals surface area contributed by atoms with Crippen molar-refractivity contribution < 1.29 is 19.4 Å². The van der Waals surface area contributed by atoms with Gasteiger partial charge in [-0.1, -0.05) is 32.4 Å². The average Bonchev–Trinajstić information content (AvgIpc) is 3.02. The van der Waals surface area contributed by atoms with Gasteiger partial charge in [-0.15, -0.1) is 11.8 Å². The first kappa shape index (κ1) is 23.5. The molecular formula is C24H33ClO4S. The van der Waals surface area contributed by atoms with Gasteiger partial charge in [-0.25, -0.2) is 0 Å². The van der Waals surface area contributed by atoms with E-state index >= 15 is 0 Å². The number of hydrogen-bond acceptors (Lipinski definition) is 5. The van der Waals surface area contributed by atoms with Gasteiger partial charge in [0.1, 0.15) is 0 Å². The van der Waals surface area contributed by atoms with Crippen LogP contribution in [0.1, 0.15) is 58.4 Å². The molecule has 0 amide bonds. The SMILES string of the molecule is COc1cc(CCC(=O)C2=C3CCC(C)(C)CC3C(C)S2)cc(Cl)c1OCCCO. The van der Waals surface area contributed by atoms with Crippen LogP contribution in [0.4, 0.5) is 0 Å². The molecule has 30 heavy (non-hydrogen) atoms. The largest absolute Gasteiger partial charge is 0.493 e. The Morgan fingerprint density at radius 2 is 2.13 bits per heavy atom. The fourth-order valence-corrected chi connectivity index (χ4v) is 6.19. The molecule has 1 N–H and O–H groups in total. The first-order valence-corrected chi connectivity index (χ1v) is 12.0. The van der Waals surface area contributed by atoms with Crippen LogP contribution in [0.5, 0.6) is 11.5 Å². The average molecular weight is 453 g/mol. The molecule has 6 heteroatoms. The van der Waals surface area contributed by atoms with Crippen molar-refractivity contribution in [3.8, 4) is 11.5 Å². The maximum atomic E-state index is 13.1. The number of hydrogen-bond donors (Lipinski definition) is 1. The number of halogens is 1. The van der Waals surface area contributed by atoms with Crippen LogP contribution in [-0.4, -0.2) is 36.5 Å². The topological polar surface area (TPSA) is 55.8 Å². The molecule has 0 radical (unpaired) electrons. The Balaban J connectivity index is 1.68. The summed E-state index contributed by atoms with van der Waals surface area (Å²) in [6.07, 6.45) is 5.01. The molecule has 4 nitrogen and oxygen atoms in total. The van der Waals surface area contributed by atoms with E-state index in [-0.39, 0.29) is 12.4 Å². The Morgan fingerprint density at radius 3 is 2.83 bits per heavy atom. The van der Waals surface area contributed by atoms with Crippen molar-refractivity contribution in [2.24, 2.45) is 11.3 Å². The second-order valence-electron chi connectivity index (χ2n) is 9.11. The normalized spacial score (nSPS) is 22.7. The molecule has 0 saturated heterocycles. The number of fused-ring (bicyclic) bond motifs is 1. The third kappa shape index (κ3) is 5.35. The van der Waals surface area contributed by atoms with E-state index in [2.05, 4.69) is 20.8 Å². The molecule has 2 atom stereocenters. The number of carbonyl (C=O) groups excluding carboxylic acids is 1. The lowest BCUT2D eigenvalue weighted by molar-refractivity contribution is -0.114. The zero-order valence-corrected chi connectivity index (χ0v) is 20.0. The Labute approximate surface area is 189 Å². The number of methoxy groups -OCH3 is 1. The Bertz CT molecular complexity index is 818. The van der Waals surface area contributed by atoms with E-state index < -0.39 is 0 Å². The molecule has 1 aromatic rings. The van der Waals surface area contributed by atoms with Crippen molar-refractivity contribution in [3.63, 3.8) is 0 Å². The smallest absolute Gasteiger partial charge is 0.179 e. The molecule has 1 heterocycles. The number of allylic oxidation sites excluding steroid dienone is 2. The number of benzene rings is 1. The van der Waals surface area contributed by atoms with Crippen LogP contribution in [0.25, 0.3) is 0 Å². The molecule has 1 aromatic carbocycles. The van der Waals surface area contributed by atoms with Gasteiger partial charge in [0.25, 0.3) is 0 Å². The van der Waals surface area contributed by atoms with Crippen LogP contribution in [0.3, 0.4) is 0 Å². The highest BCUT2D eigenvalue weighted by molar-refractivity contribution is 8.04. The summed E-state index contributed by atoms with van der Waals surface area (Å²) in [6, 6.07) is 3.74. The zero-order valence-electron chi connectivity index (χ0n) is 18.4. The van der Waals surface area contributed by atoms with Crippen molar-refractivity contribution in [3.05, 3.63) is 33.2 Å². The van der Waals surface area contributed by atoms with E-state index in [4.69, 9.17) is 26.2 Å². The molecule has 0 bridgehead atoms. The summed E-state index contributed by atoms with van der Waals surface area (Å²) in [5.74, 6) is 1.84. The van der Waals surface area contributed by atoms with E-state index in [9.17, 15) is 4.79 Å². The number of ether oxygens (including phenoxy) is 2. The number of aryl methyl sites for hydroxylation is 1. The highest BCUT2D eigenvalue weighted by Gasteiger charge is 2.41. The van der Waals surface area contributed by atoms with E-state index in [1.807, 2.05) is 12.1 Å². The van der Waals surface area contributed by atoms with E-state index in [0.29, 0.717) is 59.0 Å². The van der Waals surface area contributed by atoms with Gasteiger partial charge in [0, 0.05) is 24.7 Å². The summed E-state index contributed by atoms with van der Waals surface area (Å²) < 4.78 is 11.1. The van der Waals surface area contributed by atoms with Crippen LogP contribution in [0.15, 0.2) is 22.6 Å². The van der Waals surface area contributed by atoms with Crippen molar-refractivity contribution in [1.82, 2.24) is 0 Å². The highest BCUT2D eigenvalue weighted by Crippen LogP contribution is 2.53. The van der Waals surface area contributed by atoms with Crippen LogP contribution in [-0.2, 0) is 11.2 Å². The predicted octanol–water partition coefficient (Wildman–Crippen LogP) is 5.83. The molecule has 166 valence electrons. The lowest BCUT2D eigenvalue weighted by Crippen LogP contribution is -2.27. The second kappa shape index (κ2) is 9.97. The van der Waals surface area contributed by atoms with Gasteiger partial charge in [0.05, 0.1) is 23.6 Å². The number of Topliss-reactive ketones (excluding diaryl/α,β-unsaturated/α-hetero) is 1. The third-order valence-corrected chi connectivity index (χ3v) is 7.89. The Morgan fingerprint density at radius 1 is 1.37 bits per heavy atom. The van der Waals surface area contributed by atoms with Gasteiger partial charge in [-0.3, -0.25) is 4.79 Å². The van der Waals surface area contributed by atoms with Crippen LogP contribution >= 0.6 is 23.4 Å². The molecule has 0 aromatic heterocycles. The van der Waals surface area contributed by atoms with Crippen LogP contribution in [0, 0.1) is 11.3 Å². The molecule has 1 saturated carbocycles. The van der Waals surface area contributed by atoms with Gasteiger partial charge < -0.3 is 14.6 Å². The van der Waals surface area contributed by atoms with Crippen LogP contribution in [0.2, 0.25) is 5.02 Å². The van der Waals surface area contributed by atoms with Crippen molar-refractivity contribution in [2.45, 2.75) is 64.5 Å². The van der Waals surface area contributed by atoms with Crippen molar-refractivity contribution in [2.75, 3.05) is 20.3 Å². The van der Waals surface area contributed by atoms with Gasteiger partial charge in [-0.05, 0) is 60.3 Å². The molecule has 0 spiro atoms. The maximum Gasteiger partial charge on any atom is 0.179 e. The highest BCUT2D eigenvalue weighted by atomic mass is 35.5. The van der Waals surface area contributed by atoms with E-state index in [1.54, 1.807) is 18.9 Å². The maximum absolute atomic E-state index is 13.1. The summed E-state index contributed by atoms with van der Waals surface area (Å²) in [5.41, 5.74) is 2.73. The van der Waals surface area contributed by atoms with Crippen molar-refractivity contribution in [1.29, 1.82) is 0 Å². The fraction of sp³-hybridized carbons (Fsp3) is 0.625. The fourth-order valence-electron chi connectivity index (χ4n) is 4.47. The summed E-state index contributed by atoms with van der Waals surface area (Å²) in [4.78, 5) is 14.1. The van der Waals surface area contributed by atoms with Gasteiger partial charge in [0.2, 0.25) is 0 Å². The first-order chi connectivity index (χ1) is 14.3. The minimum atomic E-state index is 0.0625. The minimum Gasteiger partial charge on any atom is -0.493 e. The van der Waals surface area contributed by atoms with Crippen LogP contribution < -0.4 is 9.47 Å². The summed E-state index contributed by atoms with van der Waals surface area (Å²) in [6.45, 7) is 7.38. The molecule has 1 fully saturated rings. The first-order valence-electron chi connectivity index (χ1n) is 10.8. The number of ketones is 1. The van der Waals surface area contributed by atoms with E-state index in [0.717, 1.165) is 23.3 Å². The lowest BCUT2D eigenvalue weighted by atomic mass is 9.69. The second-order valence-corrected chi connectivity index (χ2v) is 10.9. The molecule has 1 aliphatic heterocycles. The Hall–Kier alpha value is -1.17. The summed E-state index contributed by atoms with van der Waals surface area (Å²) in [7, 11) is 1.58. The van der Waals surface area contributed by atoms with E-state index in [1.165, 1.54) is 12.0 Å².